The summed E-state index contributed by atoms with van der Waals surface area (Å²) in [6, 6.07) is 15.1. The van der Waals surface area contributed by atoms with Gasteiger partial charge in [0, 0.05) is 23.3 Å². The molecular formula is C21H21ClN6O. The Hall–Kier alpha value is -3.32. The monoisotopic (exact) mass is 408 g/mol. The standard InChI is InChI=1S/C21H21ClN6O/c1-13-6-5-9-18(14(13)2)23-12-16-10-19(29)28-21(25-16)26-20(27-28)24-11-15-7-3-4-8-17(15)22/h3-10,23H,11-12H2,1-2H3,(H2,24,25,26,27). The van der Waals surface area contributed by atoms with Gasteiger partial charge in [0.25, 0.3) is 11.3 Å². The van der Waals surface area contributed by atoms with Crippen molar-refractivity contribution in [2.45, 2.75) is 26.9 Å². The molecule has 7 nitrogen and oxygen atoms in total. The van der Waals surface area contributed by atoms with E-state index in [1.165, 1.54) is 21.7 Å². The van der Waals surface area contributed by atoms with E-state index in [2.05, 4.69) is 45.6 Å². The number of halogens is 1. The lowest BCUT2D eigenvalue weighted by molar-refractivity contribution is 0.874. The Balaban J connectivity index is 1.52. The molecule has 0 amide bonds. The van der Waals surface area contributed by atoms with E-state index < -0.39 is 0 Å². The fourth-order valence-electron chi connectivity index (χ4n) is 3.05. The first-order chi connectivity index (χ1) is 14.0. The van der Waals surface area contributed by atoms with E-state index in [0.29, 0.717) is 35.5 Å². The molecule has 0 atom stereocenters. The quantitative estimate of drug-likeness (QED) is 0.450. The number of nitrogens with one attached hydrogen (secondary N) is 3. The van der Waals surface area contributed by atoms with E-state index in [9.17, 15) is 4.79 Å². The minimum atomic E-state index is -0.217. The summed E-state index contributed by atoms with van der Waals surface area (Å²) >= 11 is 6.18. The lowest BCUT2D eigenvalue weighted by Gasteiger charge is -2.10. The van der Waals surface area contributed by atoms with Gasteiger partial charge < -0.3 is 10.6 Å². The number of anilines is 2. The van der Waals surface area contributed by atoms with Gasteiger partial charge in [-0.15, -0.1) is 0 Å². The molecule has 0 aliphatic rings. The van der Waals surface area contributed by atoms with Crippen molar-refractivity contribution in [3.05, 3.63) is 86.3 Å². The number of aryl methyl sites for hydroxylation is 1. The predicted octanol–water partition coefficient (Wildman–Crippen LogP) is 3.91. The van der Waals surface area contributed by atoms with Gasteiger partial charge >= 0.3 is 0 Å². The Morgan fingerprint density at radius 3 is 2.69 bits per heavy atom. The lowest BCUT2D eigenvalue weighted by Crippen LogP contribution is -2.17. The summed E-state index contributed by atoms with van der Waals surface area (Å²) in [4.78, 5) is 21.3. The minimum Gasteiger partial charge on any atom is -0.379 e. The number of aromatic amines is 1. The number of H-pyrrole nitrogens is 1. The van der Waals surface area contributed by atoms with Gasteiger partial charge in [-0.3, -0.25) is 9.89 Å². The van der Waals surface area contributed by atoms with Gasteiger partial charge in [0.1, 0.15) is 0 Å². The van der Waals surface area contributed by atoms with Crippen LogP contribution < -0.4 is 16.2 Å². The second-order valence-electron chi connectivity index (χ2n) is 6.84. The average Bonchev–Trinajstić information content (AvgIpc) is 3.12. The number of hydrogen-bond donors (Lipinski definition) is 3. The van der Waals surface area contributed by atoms with Crippen molar-refractivity contribution in [2.75, 3.05) is 10.6 Å². The zero-order chi connectivity index (χ0) is 20.4. The molecule has 2 aromatic heterocycles. The van der Waals surface area contributed by atoms with Crippen LogP contribution in [0, 0.1) is 13.8 Å². The summed E-state index contributed by atoms with van der Waals surface area (Å²) in [5.41, 5.74) is 4.76. The normalized spacial score (nSPS) is 11.0. The van der Waals surface area contributed by atoms with Crippen molar-refractivity contribution in [1.29, 1.82) is 0 Å². The number of fused-ring (bicyclic) bond motifs is 1. The molecule has 8 heteroatoms. The lowest BCUT2D eigenvalue weighted by atomic mass is 10.1. The second-order valence-corrected chi connectivity index (χ2v) is 7.25. The molecule has 0 unspecified atom stereocenters. The van der Waals surface area contributed by atoms with E-state index >= 15 is 0 Å². The Kier molecular flexibility index (Phi) is 5.22. The number of benzene rings is 2. The minimum absolute atomic E-state index is 0.217. The first-order valence-corrected chi connectivity index (χ1v) is 9.65. The molecule has 0 radical (unpaired) electrons. The molecule has 2 heterocycles. The van der Waals surface area contributed by atoms with Crippen LogP contribution in [0.1, 0.15) is 22.4 Å². The maximum atomic E-state index is 12.4. The molecule has 0 aliphatic carbocycles. The van der Waals surface area contributed by atoms with Gasteiger partial charge in [-0.05, 0) is 42.7 Å². The van der Waals surface area contributed by atoms with E-state index in [-0.39, 0.29) is 5.56 Å². The fourth-order valence-corrected chi connectivity index (χ4v) is 3.25. The number of aromatic nitrogens is 4. The highest BCUT2D eigenvalue weighted by atomic mass is 35.5. The SMILES string of the molecule is Cc1cccc(NCc2cc(=O)n3[nH]c(NCc4ccccc4Cl)nc3n2)c1C. The van der Waals surface area contributed by atoms with Crippen molar-refractivity contribution in [2.24, 2.45) is 0 Å². The summed E-state index contributed by atoms with van der Waals surface area (Å²) < 4.78 is 1.32. The van der Waals surface area contributed by atoms with E-state index in [0.717, 1.165) is 11.3 Å². The largest absolute Gasteiger partial charge is 0.379 e. The molecule has 0 fully saturated rings. The molecule has 0 spiro atoms. The highest BCUT2D eigenvalue weighted by Crippen LogP contribution is 2.19. The van der Waals surface area contributed by atoms with Gasteiger partial charge in [-0.1, -0.05) is 41.9 Å². The van der Waals surface area contributed by atoms with Gasteiger partial charge in [-0.25, -0.2) is 4.98 Å². The number of rotatable bonds is 6. The first-order valence-electron chi connectivity index (χ1n) is 9.27. The van der Waals surface area contributed by atoms with Crippen molar-refractivity contribution < 1.29 is 0 Å². The highest BCUT2D eigenvalue weighted by Gasteiger charge is 2.09. The van der Waals surface area contributed by atoms with Crippen LogP contribution in [0.3, 0.4) is 0 Å². The zero-order valence-electron chi connectivity index (χ0n) is 16.2. The Morgan fingerprint density at radius 1 is 1.03 bits per heavy atom. The molecule has 0 aliphatic heterocycles. The molecular weight excluding hydrogens is 388 g/mol. The molecule has 3 N–H and O–H groups in total. The summed E-state index contributed by atoms with van der Waals surface area (Å²) in [7, 11) is 0. The predicted molar refractivity (Wildman–Crippen MR) is 116 cm³/mol. The zero-order valence-corrected chi connectivity index (χ0v) is 16.9. The van der Waals surface area contributed by atoms with Crippen LogP contribution in [0.15, 0.2) is 53.3 Å². The van der Waals surface area contributed by atoms with Crippen LogP contribution in [0.4, 0.5) is 11.6 Å². The first kappa shape index (κ1) is 19.0. The van der Waals surface area contributed by atoms with Crippen LogP contribution in [0.25, 0.3) is 5.78 Å². The van der Waals surface area contributed by atoms with E-state index in [4.69, 9.17) is 11.6 Å². The summed E-state index contributed by atoms with van der Waals surface area (Å²) in [6.45, 7) is 5.05. The molecule has 0 saturated heterocycles. The van der Waals surface area contributed by atoms with Crippen LogP contribution >= 0.6 is 11.6 Å². The maximum Gasteiger partial charge on any atom is 0.274 e. The third kappa shape index (κ3) is 4.09. The van der Waals surface area contributed by atoms with Gasteiger partial charge in [0.2, 0.25) is 5.95 Å². The van der Waals surface area contributed by atoms with Crippen molar-refractivity contribution in [3.63, 3.8) is 0 Å². The van der Waals surface area contributed by atoms with Crippen LogP contribution in [0.2, 0.25) is 5.02 Å². The Labute approximate surface area is 172 Å². The van der Waals surface area contributed by atoms with Crippen molar-refractivity contribution in [1.82, 2.24) is 19.6 Å². The molecule has 4 rings (SSSR count). The Bertz CT molecular complexity index is 1230. The Morgan fingerprint density at radius 2 is 1.86 bits per heavy atom. The van der Waals surface area contributed by atoms with Gasteiger partial charge in [-0.2, -0.15) is 9.50 Å². The number of hydrogen-bond acceptors (Lipinski definition) is 5. The van der Waals surface area contributed by atoms with Crippen LogP contribution in [-0.2, 0) is 13.1 Å². The van der Waals surface area contributed by atoms with Crippen molar-refractivity contribution in [3.8, 4) is 0 Å². The van der Waals surface area contributed by atoms with E-state index in [1.54, 1.807) is 0 Å². The third-order valence-corrected chi connectivity index (χ3v) is 5.22. The van der Waals surface area contributed by atoms with Crippen molar-refractivity contribution >= 4 is 29.0 Å². The second kappa shape index (κ2) is 7.97. The molecule has 29 heavy (non-hydrogen) atoms. The van der Waals surface area contributed by atoms with Gasteiger partial charge in [0.05, 0.1) is 12.2 Å². The summed E-state index contributed by atoms with van der Waals surface area (Å²) in [6.07, 6.45) is 0. The van der Waals surface area contributed by atoms with Crippen LogP contribution in [0.5, 0.6) is 0 Å². The maximum absolute atomic E-state index is 12.4. The van der Waals surface area contributed by atoms with Crippen LogP contribution in [-0.4, -0.2) is 19.6 Å². The molecule has 2 aromatic carbocycles. The smallest absolute Gasteiger partial charge is 0.274 e. The molecule has 0 bridgehead atoms. The molecule has 4 aromatic rings. The summed E-state index contributed by atoms with van der Waals surface area (Å²) in [5, 5.41) is 10.1. The molecule has 148 valence electrons. The highest BCUT2D eigenvalue weighted by molar-refractivity contribution is 6.31. The topological polar surface area (TPSA) is 87.1 Å². The van der Waals surface area contributed by atoms with E-state index in [1.807, 2.05) is 36.4 Å². The van der Waals surface area contributed by atoms with Gasteiger partial charge in [0.15, 0.2) is 0 Å². The molecule has 0 saturated carbocycles. The number of nitrogens with zero attached hydrogens (tertiary/aromatic N) is 3. The average molecular weight is 409 g/mol. The third-order valence-electron chi connectivity index (χ3n) is 4.85. The fraction of sp³-hybridized carbons (Fsp3) is 0.190. The summed E-state index contributed by atoms with van der Waals surface area (Å²) in [5.74, 6) is 0.770.